The van der Waals surface area contributed by atoms with Gasteiger partial charge in [0.1, 0.15) is 5.69 Å². The normalized spacial score (nSPS) is 10.3. The van der Waals surface area contributed by atoms with E-state index < -0.39 is 0 Å². The lowest BCUT2D eigenvalue weighted by atomic mass is 10.1. The Morgan fingerprint density at radius 3 is 2.46 bits per heavy atom. The van der Waals surface area contributed by atoms with Crippen LogP contribution < -0.4 is 5.32 Å². The molecule has 0 radical (unpaired) electrons. The molecule has 3 aromatic rings. The molecule has 0 unspecified atom stereocenters. The highest BCUT2D eigenvalue weighted by atomic mass is 16.2. The van der Waals surface area contributed by atoms with Gasteiger partial charge in [0.15, 0.2) is 0 Å². The van der Waals surface area contributed by atoms with E-state index >= 15 is 0 Å². The third kappa shape index (κ3) is 5.23. The first kappa shape index (κ1) is 19.2. The van der Waals surface area contributed by atoms with Crippen molar-refractivity contribution in [1.82, 2.24) is 20.2 Å². The second-order valence-electron chi connectivity index (χ2n) is 6.43. The number of nitrogens with zero attached hydrogens (tertiary/aromatic N) is 3. The molecule has 0 saturated heterocycles. The number of hydrogen-bond donors (Lipinski definition) is 1. The SMILES string of the molecule is CN(CCc1ccncc1)C(=O)c1ccnc(C(=O)NCc2ccccc2)c1. The Balaban J connectivity index is 1.59. The highest BCUT2D eigenvalue weighted by Gasteiger charge is 2.15. The molecule has 2 aromatic heterocycles. The van der Waals surface area contributed by atoms with E-state index in [-0.39, 0.29) is 17.5 Å². The van der Waals surface area contributed by atoms with Crippen molar-refractivity contribution in [3.8, 4) is 0 Å². The number of aromatic nitrogens is 2. The number of hydrogen-bond acceptors (Lipinski definition) is 4. The van der Waals surface area contributed by atoms with Gasteiger partial charge in [-0.25, -0.2) is 0 Å². The minimum atomic E-state index is -0.307. The highest BCUT2D eigenvalue weighted by molar-refractivity contribution is 5.98. The van der Waals surface area contributed by atoms with Gasteiger partial charge in [-0.05, 0) is 41.8 Å². The van der Waals surface area contributed by atoms with Crippen molar-refractivity contribution in [2.75, 3.05) is 13.6 Å². The summed E-state index contributed by atoms with van der Waals surface area (Å²) in [7, 11) is 1.75. The summed E-state index contributed by atoms with van der Waals surface area (Å²) in [6.07, 6.45) is 5.70. The van der Waals surface area contributed by atoms with Crippen molar-refractivity contribution in [1.29, 1.82) is 0 Å². The van der Waals surface area contributed by atoms with E-state index in [1.165, 1.54) is 12.3 Å². The van der Waals surface area contributed by atoms with Crippen LogP contribution in [0.25, 0.3) is 0 Å². The van der Waals surface area contributed by atoms with Gasteiger partial charge in [-0.15, -0.1) is 0 Å². The lowest BCUT2D eigenvalue weighted by molar-refractivity contribution is 0.0796. The molecule has 0 fully saturated rings. The number of likely N-dealkylation sites (N-methyl/N-ethyl adjacent to an activating group) is 1. The smallest absolute Gasteiger partial charge is 0.270 e. The van der Waals surface area contributed by atoms with Crippen molar-refractivity contribution in [3.05, 3.63) is 95.6 Å². The topological polar surface area (TPSA) is 75.2 Å². The predicted octanol–water partition coefficient (Wildman–Crippen LogP) is 2.72. The fourth-order valence-corrected chi connectivity index (χ4v) is 2.72. The molecule has 2 heterocycles. The molecule has 6 nitrogen and oxygen atoms in total. The Hall–Kier alpha value is -3.54. The maximum Gasteiger partial charge on any atom is 0.270 e. The molecule has 142 valence electrons. The first-order chi connectivity index (χ1) is 13.6. The number of pyridine rings is 2. The molecular formula is C22H22N4O2. The number of amides is 2. The molecule has 0 aliphatic rings. The largest absolute Gasteiger partial charge is 0.347 e. The predicted molar refractivity (Wildman–Crippen MR) is 107 cm³/mol. The van der Waals surface area contributed by atoms with Crippen molar-refractivity contribution >= 4 is 11.8 Å². The molecule has 1 N–H and O–H groups in total. The number of rotatable bonds is 7. The van der Waals surface area contributed by atoms with Gasteiger partial charge in [-0.3, -0.25) is 19.6 Å². The second-order valence-corrected chi connectivity index (χ2v) is 6.43. The van der Waals surface area contributed by atoms with Crippen LogP contribution in [0.5, 0.6) is 0 Å². The van der Waals surface area contributed by atoms with E-state index in [0.717, 1.165) is 17.5 Å². The van der Waals surface area contributed by atoms with Crippen LogP contribution in [0.3, 0.4) is 0 Å². The Morgan fingerprint density at radius 2 is 1.71 bits per heavy atom. The Morgan fingerprint density at radius 1 is 0.964 bits per heavy atom. The maximum atomic E-state index is 12.7. The van der Waals surface area contributed by atoms with Crippen LogP contribution in [0.2, 0.25) is 0 Å². The van der Waals surface area contributed by atoms with Gasteiger partial charge in [0.05, 0.1) is 0 Å². The summed E-state index contributed by atoms with van der Waals surface area (Å²) in [5.41, 5.74) is 2.78. The average molecular weight is 374 g/mol. The summed E-state index contributed by atoms with van der Waals surface area (Å²) in [5.74, 6) is -0.452. The lowest BCUT2D eigenvalue weighted by Crippen LogP contribution is -2.29. The van der Waals surface area contributed by atoms with Gasteiger partial charge in [0.2, 0.25) is 0 Å². The van der Waals surface area contributed by atoms with Crippen LogP contribution in [0.1, 0.15) is 32.0 Å². The van der Waals surface area contributed by atoms with Gasteiger partial charge in [0, 0.05) is 44.3 Å². The van der Waals surface area contributed by atoms with Gasteiger partial charge in [-0.2, -0.15) is 0 Å². The van der Waals surface area contributed by atoms with Crippen LogP contribution in [0, 0.1) is 0 Å². The molecule has 0 spiro atoms. The number of carbonyl (C=O) groups is 2. The van der Waals surface area contributed by atoms with Crippen LogP contribution >= 0.6 is 0 Å². The zero-order chi connectivity index (χ0) is 19.8. The number of nitrogens with one attached hydrogen (secondary N) is 1. The van der Waals surface area contributed by atoms with Gasteiger partial charge < -0.3 is 10.2 Å². The molecule has 0 bridgehead atoms. The minimum absolute atomic E-state index is 0.145. The summed E-state index contributed by atoms with van der Waals surface area (Å²) >= 11 is 0. The van der Waals surface area contributed by atoms with Crippen LogP contribution in [-0.4, -0.2) is 40.3 Å². The van der Waals surface area contributed by atoms with Crippen LogP contribution in [-0.2, 0) is 13.0 Å². The zero-order valence-corrected chi connectivity index (χ0v) is 15.7. The molecule has 3 rings (SSSR count). The van der Waals surface area contributed by atoms with E-state index in [1.807, 2.05) is 42.5 Å². The fraction of sp³-hybridized carbons (Fsp3) is 0.182. The molecule has 0 atom stereocenters. The summed E-state index contributed by atoms with van der Waals surface area (Å²) < 4.78 is 0. The summed E-state index contributed by atoms with van der Waals surface area (Å²) in [6.45, 7) is 0.978. The number of carbonyl (C=O) groups excluding carboxylic acids is 2. The molecule has 0 aliphatic heterocycles. The molecule has 2 amide bonds. The zero-order valence-electron chi connectivity index (χ0n) is 15.7. The van der Waals surface area contributed by atoms with E-state index in [2.05, 4.69) is 15.3 Å². The van der Waals surface area contributed by atoms with Gasteiger partial charge in [0.25, 0.3) is 11.8 Å². The standard InChI is InChI=1S/C22H22N4O2/c1-26(14-10-17-7-11-23-12-8-17)22(28)19-9-13-24-20(15-19)21(27)25-16-18-5-3-2-4-6-18/h2-9,11-13,15H,10,14,16H2,1H3,(H,25,27). The third-order valence-electron chi connectivity index (χ3n) is 4.37. The van der Waals surface area contributed by atoms with Crippen LogP contribution in [0.15, 0.2) is 73.2 Å². The first-order valence-corrected chi connectivity index (χ1v) is 9.06. The van der Waals surface area contributed by atoms with Crippen LogP contribution in [0.4, 0.5) is 0 Å². The average Bonchev–Trinajstić information content (AvgIpc) is 2.76. The number of benzene rings is 1. The van der Waals surface area contributed by atoms with Crippen molar-refractivity contribution in [2.24, 2.45) is 0 Å². The van der Waals surface area contributed by atoms with Crippen molar-refractivity contribution < 1.29 is 9.59 Å². The summed E-state index contributed by atoms with van der Waals surface area (Å²) in [4.78, 5) is 34.8. The Kier molecular flexibility index (Phi) is 6.46. The summed E-state index contributed by atoms with van der Waals surface area (Å²) in [5, 5.41) is 2.83. The maximum absolute atomic E-state index is 12.7. The van der Waals surface area contributed by atoms with Crippen molar-refractivity contribution in [3.63, 3.8) is 0 Å². The monoisotopic (exact) mass is 374 g/mol. The molecule has 0 saturated carbocycles. The molecular weight excluding hydrogens is 352 g/mol. The molecule has 28 heavy (non-hydrogen) atoms. The quantitative estimate of drug-likeness (QED) is 0.690. The minimum Gasteiger partial charge on any atom is -0.347 e. The molecule has 0 aliphatic carbocycles. The van der Waals surface area contributed by atoms with E-state index in [9.17, 15) is 9.59 Å². The van der Waals surface area contributed by atoms with Crippen molar-refractivity contribution in [2.45, 2.75) is 13.0 Å². The molecule has 6 heteroatoms. The Bertz CT molecular complexity index is 930. The van der Waals surface area contributed by atoms with E-state index in [1.54, 1.807) is 30.4 Å². The Labute approximate surface area is 164 Å². The van der Waals surface area contributed by atoms with Gasteiger partial charge in [-0.1, -0.05) is 30.3 Å². The third-order valence-corrected chi connectivity index (χ3v) is 4.37. The molecule has 1 aromatic carbocycles. The van der Waals surface area contributed by atoms with Gasteiger partial charge >= 0.3 is 0 Å². The summed E-state index contributed by atoms with van der Waals surface area (Å²) in [6, 6.07) is 16.6. The first-order valence-electron chi connectivity index (χ1n) is 9.06. The highest BCUT2D eigenvalue weighted by Crippen LogP contribution is 2.08. The lowest BCUT2D eigenvalue weighted by Gasteiger charge is -2.17. The van der Waals surface area contributed by atoms with E-state index in [0.29, 0.717) is 18.7 Å². The fourth-order valence-electron chi connectivity index (χ4n) is 2.72. The second kappa shape index (κ2) is 9.41. The van der Waals surface area contributed by atoms with E-state index in [4.69, 9.17) is 0 Å².